The highest BCUT2D eigenvalue weighted by Gasteiger charge is 2.16. The lowest BCUT2D eigenvalue weighted by Crippen LogP contribution is -2.08. The van der Waals surface area contributed by atoms with Gasteiger partial charge in [0, 0.05) is 11.7 Å². The van der Waals surface area contributed by atoms with E-state index in [9.17, 15) is 0 Å². The van der Waals surface area contributed by atoms with Crippen LogP contribution in [0.25, 0.3) is 0 Å². The van der Waals surface area contributed by atoms with Gasteiger partial charge in [0.15, 0.2) is 0 Å². The number of rotatable bonds is 2. The molecule has 3 nitrogen and oxygen atoms in total. The van der Waals surface area contributed by atoms with Crippen molar-refractivity contribution in [2.24, 2.45) is 5.90 Å². The minimum Gasteiger partial charge on any atom is -0.382 e. The highest BCUT2D eigenvalue weighted by molar-refractivity contribution is 5.57. The maximum absolute atomic E-state index is 5.02. The van der Waals surface area contributed by atoms with Gasteiger partial charge in [-0.3, -0.25) is 4.84 Å². The monoisotopic (exact) mass is 178 g/mol. The second kappa shape index (κ2) is 3.36. The second-order valence-electron chi connectivity index (χ2n) is 3.55. The van der Waals surface area contributed by atoms with Crippen LogP contribution >= 0.6 is 0 Å². The molecule has 2 rings (SSSR count). The first-order valence-corrected chi connectivity index (χ1v) is 4.49. The van der Waals surface area contributed by atoms with Gasteiger partial charge in [-0.25, -0.2) is 5.90 Å². The molecule has 0 spiro atoms. The van der Waals surface area contributed by atoms with Gasteiger partial charge in [0.2, 0.25) is 0 Å². The molecule has 3 N–H and O–H groups in total. The summed E-state index contributed by atoms with van der Waals surface area (Å²) in [7, 11) is 0. The Kier molecular flexibility index (Phi) is 2.20. The van der Waals surface area contributed by atoms with Crippen molar-refractivity contribution in [1.82, 2.24) is 0 Å². The SMILES string of the molecule is CC1Cc2cc(CON)ccc2N1. The molecule has 1 heterocycles. The van der Waals surface area contributed by atoms with E-state index < -0.39 is 0 Å². The van der Waals surface area contributed by atoms with Gasteiger partial charge in [-0.2, -0.15) is 0 Å². The van der Waals surface area contributed by atoms with Crippen LogP contribution in [0.15, 0.2) is 18.2 Å². The van der Waals surface area contributed by atoms with Crippen LogP contribution in [-0.2, 0) is 17.9 Å². The molecule has 0 radical (unpaired) electrons. The molecule has 0 fully saturated rings. The molecule has 0 aliphatic carbocycles. The lowest BCUT2D eigenvalue weighted by atomic mass is 10.1. The van der Waals surface area contributed by atoms with Gasteiger partial charge in [-0.15, -0.1) is 0 Å². The number of anilines is 1. The quantitative estimate of drug-likeness (QED) is 0.673. The lowest BCUT2D eigenvalue weighted by Gasteiger charge is -2.03. The van der Waals surface area contributed by atoms with Gasteiger partial charge < -0.3 is 5.32 Å². The highest BCUT2D eigenvalue weighted by atomic mass is 16.6. The Hall–Kier alpha value is -1.06. The zero-order valence-electron chi connectivity index (χ0n) is 7.71. The molecule has 13 heavy (non-hydrogen) atoms. The van der Waals surface area contributed by atoms with Gasteiger partial charge in [0.1, 0.15) is 0 Å². The topological polar surface area (TPSA) is 47.3 Å². The van der Waals surface area contributed by atoms with E-state index in [1.165, 1.54) is 11.3 Å². The predicted molar refractivity (Wildman–Crippen MR) is 52.2 cm³/mol. The smallest absolute Gasteiger partial charge is 0.0930 e. The molecule has 0 aromatic heterocycles. The maximum atomic E-state index is 5.02. The van der Waals surface area contributed by atoms with Crippen molar-refractivity contribution in [3.8, 4) is 0 Å². The third-order valence-electron chi connectivity index (χ3n) is 2.35. The van der Waals surface area contributed by atoms with Crippen molar-refractivity contribution < 1.29 is 4.84 Å². The highest BCUT2D eigenvalue weighted by Crippen LogP contribution is 2.26. The fraction of sp³-hybridized carbons (Fsp3) is 0.400. The number of benzene rings is 1. The summed E-state index contributed by atoms with van der Waals surface area (Å²) in [6.45, 7) is 2.67. The zero-order valence-corrected chi connectivity index (χ0v) is 7.71. The molecule has 1 unspecified atom stereocenters. The maximum Gasteiger partial charge on any atom is 0.0930 e. The van der Waals surface area contributed by atoms with Crippen LogP contribution in [0.3, 0.4) is 0 Å². The van der Waals surface area contributed by atoms with Crippen LogP contribution in [0.4, 0.5) is 5.69 Å². The fourth-order valence-electron chi connectivity index (χ4n) is 1.79. The predicted octanol–water partition coefficient (Wildman–Crippen LogP) is 1.43. The van der Waals surface area contributed by atoms with E-state index in [1.807, 2.05) is 6.07 Å². The van der Waals surface area contributed by atoms with Gasteiger partial charge in [0.25, 0.3) is 0 Å². The van der Waals surface area contributed by atoms with Crippen molar-refractivity contribution >= 4 is 5.69 Å². The van der Waals surface area contributed by atoms with E-state index in [2.05, 4.69) is 29.2 Å². The summed E-state index contributed by atoms with van der Waals surface area (Å²) in [6, 6.07) is 6.83. The fourth-order valence-corrected chi connectivity index (χ4v) is 1.79. The molecule has 1 aliphatic heterocycles. The Labute approximate surface area is 77.8 Å². The van der Waals surface area contributed by atoms with Gasteiger partial charge in [0.05, 0.1) is 6.61 Å². The van der Waals surface area contributed by atoms with Crippen LogP contribution in [0.5, 0.6) is 0 Å². The van der Waals surface area contributed by atoms with Crippen LogP contribution in [0.2, 0.25) is 0 Å². The summed E-state index contributed by atoms with van der Waals surface area (Å²) >= 11 is 0. The average Bonchev–Trinajstić information content (AvgIpc) is 2.44. The standard InChI is InChI=1S/C10H14N2O/c1-7-4-9-5-8(6-13-11)2-3-10(9)12-7/h2-3,5,7,12H,4,6,11H2,1H3. The number of hydrogen-bond acceptors (Lipinski definition) is 3. The molecular weight excluding hydrogens is 164 g/mol. The number of fused-ring (bicyclic) bond motifs is 1. The van der Waals surface area contributed by atoms with E-state index in [0.717, 1.165) is 12.0 Å². The first-order valence-electron chi connectivity index (χ1n) is 4.49. The largest absolute Gasteiger partial charge is 0.382 e. The van der Waals surface area contributed by atoms with E-state index >= 15 is 0 Å². The molecule has 3 heteroatoms. The minimum atomic E-state index is 0.488. The summed E-state index contributed by atoms with van der Waals surface area (Å²) in [4.78, 5) is 4.59. The number of hydrogen-bond donors (Lipinski definition) is 2. The minimum absolute atomic E-state index is 0.488. The van der Waals surface area contributed by atoms with Gasteiger partial charge in [-0.05, 0) is 30.5 Å². The first-order chi connectivity index (χ1) is 6.29. The first kappa shape index (κ1) is 8.53. The Morgan fingerprint density at radius 2 is 2.46 bits per heavy atom. The van der Waals surface area contributed by atoms with E-state index in [4.69, 9.17) is 5.90 Å². The molecule has 0 saturated heterocycles. The van der Waals surface area contributed by atoms with Crippen LogP contribution in [0.1, 0.15) is 18.1 Å². The third kappa shape index (κ3) is 1.66. The molecule has 1 aliphatic rings. The Bertz CT molecular complexity index is 312. The van der Waals surface area contributed by atoms with Crippen molar-refractivity contribution in [1.29, 1.82) is 0 Å². The number of nitrogens with two attached hydrogens (primary N) is 1. The van der Waals surface area contributed by atoms with Gasteiger partial charge >= 0.3 is 0 Å². The molecule has 70 valence electrons. The molecule has 1 atom stereocenters. The molecule has 1 aromatic rings. The van der Waals surface area contributed by atoms with Crippen LogP contribution < -0.4 is 11.2 Å². The van der Waals surface area contributed by atoms with Crippen molar-refractivity contribution in [2.75, 3.05) is 5.32 Å². The Morgan fingerprint density at radius 3 is 3.23 bits per heavy atom. The van der Waals surface area contributed by atoms with E-state index in [-0.39, 0.29) is 0 Å². The molecule has 0 saturated carbocycles. The van der Waals surface area contributed by atoms with Crippen LogP contribution in [0, 0.1) is 0 Å². The summed E-state index contributed by atoms with van der Waals surface area (Å²) in [5.41, 5.74) is 3.74. The third-order valence-corrected chi connectivity index (χ3v) is 2.35. The summed E-state index contributed by atoms with van der Waals surface area (Å²) in [5.74, 6) is 5.02. The van der Waals surface area contributed by atoms with E-state index in [1.54, 1.807) is 0 Å². The summed E-state index contributed by atoms with van der Waals surface area (Å²) in [6.07, 6.45) is 1.09. The van der Waals surface area contributed by atoms with Crippen molar-refractivity contribution in [2.45, 2.75) is 26.0 Å². The second-order valence-corrected chi connectivity index (χ2v) is 3.55. The Morgan fingerprint density at radius 1 is 1.62 bits per heavy atom. The summed E-state index contributed by atoms with van der Waals surface area (Å²) < 4.78 is 0. The lowest BCUT2D eigenvalue weighted by molar-refractivity contribution is 0.124. The molecular formula is C10H14N2O. The molecule has 1 aromatic carbocycles. The number of nitrogens with one attached hydrogen (secondary N) is 1. The van der Waals surface area contributed by atoms with Gasteiger partial charge in [-0.1, -0.05) is 12.1 Å². The molecule has 0 bridgehead atoms. The summed E-state index contributed by atoms with van der Waals surface area (Å²) in [5, 5.41) is 3.39. The zero-order chi connectivity index (χ0) is 9.26. The Balaban J connectivity index is 2.24. The molecule has 0 amide bonds. The van der Waals surface area contributed by atoms with Crippen molar-refractivity contribution in [3.05, 3.63) is 29.3 Å². The van der Waals surface area contributed by atoms with Crippen molar-refractivity contribution in [3.63, 3.8) is 0 Å². The van der Waals surface area contributed by atoms with E-state index in [0.29, 0.717) is 12.6 Å². The normalized spacial score (nSPS) is 19.7. The average molecular weight is 178 g/mol. The van der Waals surface area contributed by atoms with Crippen LogP contribution in [-0.4, -0.2) is 6.04 Å².